The number of carbonyl (C=O) groups is 1. The molecule has 1 N–H and O–H groups in total. The van der Waals surface area contributed by atoms with E-state index in [0.717, 1.165) is 19.3 Å². The summed E-state index contributed by atoms with van der Waals surface area (Å²) >= 11 is 11.7. The summed E-state index contributed by atoms with van der Waals surface area (Å²) in [7, 11) is 0. The molecule has 0 aromatic carbocycles. The van der Waals surface area contributed by atoms with Crippen LogP contribution in [0.1, 0.15) is 43.5 Å². The highest BCUT2D eigenvalue weighted by atomic mass is 35.5. The van der Waals surface area contributed by atoms with Crippen molar-refractivity contribution in [2.75, 3.05) is 0 Å². The van der Waals surface area contributed by atoms with Crippen LogP contribution in [0.2, 0.25) is 10.2 Å². The number of rotatable bonds is 2. The summed E-state index contributed by atoms with van der Waals surface area (Å²) in [5.74, 6) is -0.174. The van der Waals surface area contributed by atoms with Gasteiger partial charge in [-0.3, -0.25) is 4.79 Å². The van der Waals surface area contributed by atoms with Crippen molar-refractivity contribution in [3.63, 3.8) is 0 Å². The minimum Gasteiger partial charge on any atom is -0.349 e. The average molecular weight is 287 g/mol. The molecule has 18 heavy (non-hydrogen) atoms. The number of hydrogen-bond acceptors (Lipinski definition) is 2. The zero-order valence-electron chi connectivity index (χ0n) is 10.5. The number of hydrogen-bond donors (Lipinski definition) is 1. The predicted octanol–water partition coefficient (Wildman–Crippen LogP) is 3.70. The molecule has 98 valence electrons. The van der Waals surface area contributed by atoms with Crippen LogP contribution in [-0.2, 0) is 0 Å². The van der Waals surface area contributed by atoms with Gasteiger partial charge in [0.05, 0.1) is 10.6 Å². The lowest BCUT2D eigenvalue weighted by Crippen LogP contribution is -2.33. The Morgan fingerprint density at radius 3 is 2.83 bits per heavy atom. The van der Waals surface area contributed by atoms with Crippen LogP contribution in [0.3, 0.4) is 0 Å². The highest BCUT2D eigenvalue weighted by Crippen LogP contribution is 2.37. The van der Waals surface area contributed by atoms with E-state index in [1.54, 1.807) is 0 Å². The average Bonchev–Trinajstić information content (AvgIpc) is 2.61. The van der Waals surface area contributed by atoms with Gasteiger partial charge in [-0.25, -0.2) is 4.98 Å². The van der Waals surface area contributed by atoms with Crippen molar-refractivity contribution in [2.45, 2.75) is 39.2 Å². The summed E-state index contributed by atoms with van der Waals surface area (Å²) in [6.45, 7) is 4.44. The van der Waals surface area contributed by atoms with E-state index >= 15 is 0 Å². The molecule has 2 rings (SSSR count). The smallest absolute Gasteiger partial charge is 0.253 e. The fourth-order valence-corrected chi connectivity index (χ4v) is 2.76. The Labute approximate surface area is 117 Å². The molecule has 1 aliphatic carbocycles. The molecule has 1 amide bonds. The third-order valence-corrected chi connectivity index (χ3v) is 3.88. The van der Waals surface area contributed by atoms with Crippen LogP contribution in [0.15, 0.2) is 12.3 Å². The monoisotopic (exact) mass is 286 g/mol. The van der Waals surface area contributed by atoms with Gasteiger partial charge in [0.2, 0.25) is 0 Å². The lowest BCUT2D eigenvalue weighted by atomic mass is 9.92. The minimum atomic E-state index is -0.174. The van der Waals surface area contributed by atoms with E-state index in [0.29, 0.717) is 16.0 Å². The van der Waals surface area contributed by atoms with Gasteiger partial charge in [-0.2, -0.15) is 0 Å². The lowest BCUT2D eigenvalue weighted by Gasteiger charge is -2.18. The Hall–Kier alpha value is -0.800. The largest absolute Gasteiger partial charge is 0.349 e. The molecule has 0 bridgehead atoms. The van der Waals surface area contributed by atoms with Crippen molar-refractivity contribution in [2.24, 2.45) is 5.41 Å². The first kappa shape index (κ1) is 13.6. The zero-order valence-corrected chi connectivity index (χ0v) is 12.0. The molecule has 0 spiro atoms. The number of carbonyl (C=O) groups excluding carboxylic acids is 1. The fraction of sp³-hybridized carbons (Fsp3) is 0.538. The van der Waals surface area contributed by atoms with Crippen LogP contribution in [0.4, 0.5) is 0 Å². The quantitative estimate of drug-likeness (QED) is 0.843. The molecule has 0 saturated heterocycles. The minimum absolute atomic E-state index is 0.174. The van der Waals surface area contributed by atoms with E-state index in [1.807, 2.05) is 0 Å². The van der Waals surface area contributed by atoms with Crippen molar-refractivity contribution in [1.29, 1.82) is 0 Å². The molecule has 1 atom stereocenters. The molecule has 1 aromatic rings. The van der Waals surface area contributed by atoms with Gasteiger partial charge in [0, 0.05) is 12.2 Å². The highest BCUT2D eigenvalue weighted by molar-refractivity contribution is 6.35. The molecular formula is C13H16Cl2N2O. The second-order valence-electron chi connectivity index (χ2n) is 5.56. The molecule has 0 aliphatic heterocycles. The molecule has 0 radical (unpaired) electrons. The van der Waals surface area contributed by atoms with Gasteiger partial charge in [0.25, 0.3) is 5.91 Å². The number of pyridine rings is 1. The first-order chi connectivity index (χ1) is 8.37. The molecule has 1 saturated carbocycles. The van der Waals surface area contributed by atoms with E-state index in [-0.39, 0.29) is 17.1 Å². The lowest BCUT2D eigenvalue weighted by molar-refractivity contribution is 0.0936. The molecule has 1 heterocycles. The van der Waals surface area contributed by atoms with Gasteiger partial charge in [-0.1, -0.05) is 37.0 Å². The first-order valence-corrected chi connectivity index (χ1v) is 6.75. The van der Waals surface area contributed by atoms with E-state index in [4.69, 9.17) is 23.2 Å². The fourth-order valence-electron chi connectivity index (χ4n) is 2.41. The third-order valence-electron chi connectivity index (χ3n) is 3.37. The Morgan fingerprint density at radius 1 is 1.50 bits per heavy atom. The highest BCUT2D eigenvalue weighted by Gasteiger charge is 2.32. The second-order valence-corrected chi connectivity index (χ2v) is 6.36. The number of nitrogens with zero attached hydrogens (tertiary/aromatic N) is 1. The maximum Gasteiger partial charge on any atom is 0.253 e. The van der Waals surface area contributed by atoms with Gasteiger partial charge in [0.1, 0.15) is 5.15 Å². The molecule has 1 aliphatic rings. The topological polar surface area (TPSA) is 42.0 Å². The van der Waals surface area contributed by atoms with Gasteiger partial charge in [0.15, 0.2) is 0 Å². The summed E-state index contributed by atoms with van der Waals surface area (Å²) < 4.78 is 0. The second kappa shape index (κ2) is 5.06. The molecule has 5 heteroatoms. The van der Waals surface area contributed by atoms with E-state index in [2.05, 4.69) is 24.1 Å². The Kier molecular flexibility index (Phi) is 3.83. The standard InChI is InChI=1S/C13H16Cl2N2O/c1-13(2)4-3-8(6-13)17-12(18)9-5-11(15)16-7-10(9)14/h5,7-8H,3-4,6H2,1-2H3,(H,17,18). The molecule has 1 fully saturated rings. The summed E-state index contributed by atoms with van der Waals surface area (Å²) in [4.78, 5) is 15.9. The number of aromatic nitrogens is 1. The van der Waals surface area contributed by atoms with Crippen LogP contribution in [-0.4, -0.2) is 16.9 Å². The van der Waals surface area contributed by atoms with E-state index < -0.39 is 0 Å². The van der Waals surface area contributed by atoms with E-state index in [1.165, 1.54) is 12.3 Å². The van der Waals surface area contributed by atoms with Gasteiger partial charge in [-0.15, -0.1) is 0 Å². The van der Waals surface area contributed by atoms with Crippen molar-refractivity contribution >= 4 is 29.1 Å². The van der Waals surface area contributed by atoms with E-state index in [9.17, 15) is 4.79 Å². The maximum absolute atomic E-state index is 12.1. The van der Waals surface area contributed by atoms with Crippen LogP contribution >= 0.6 is 23.2 Å². The predicted molar refractivity (Wildman–Crippen MR) is 73.1 cm³/mol. The van der Waals surface area contributed by atoms with Crippen LogP contribution in [0.25, 0.3) is 0 Å². The number of amides is 1. The van der Waals surface area contributed by atoms with Crippen molar-refractivity contribution in [3.8, 4) is 0 Å². The van der Waals surface area contributed by atoms with Crippen molar-refractivity contribution < 1.29 is 4.79 Å². The summed E-state index contributed by atoms with van der Waals surface area (Å²) in [6.07, 6.45) is 4.53. The number of halogens is 2. The first-order valence-electron chi connectivity index (χ1n) is 5.99. The van der Waals surface area contributed by atoms with Crippen LogP contribution < -0.4 is 5.32 Å². The SMILES string of the molecule is CC1(C)CCC(NC(=O)c2cc(Cl)ncc2Cl)C1. The molecule has 3 nitrogen and oxygen atoms in total. The van der Waals surface area contributed by atoms with Crippen LogP contribution in [0, 0.1) is 5.41 Å². The Balaban J connectivity index is 2.06. The van der Waals surface area contributed by atoms with Crippen LogP contribution in [0.5, 0.6) is 0 Å². The summed E-state index contributed by atoms with van der Waals surface area (Å²) in [5.41, 5.74) is 0.693. The molecular weight excluding hydrogens is 271 g/mol. The molecule has 1 unspecified atom stereocenters. The van der Waals surface area contributed by atoms with Crippen molar-refractivity contribution in [1.82, 2.24) is 10.3 Å². The summed E-state index contributed by atoms with van der Waals surface area (Å²) in [6, 6.07) is 1.72. The maximum atomic E-state index is 12.1. The van der Waals surface area contributed by atoms with Gasteiger partial charge < -0.3 is 5.32 Å². The number of nitrogens with one attached hydrogen (secondary N) is 1. The normalized spacial score (nSPS) is 21.9. The Morgan fingerprint density at radius 2 is 2.22 bits per heavy atom. The molecule has 1 aromatic heterocycles. The zero-order chi connectivity index (χ0) is 13.3. The van der Waals surface area contributed by atoms with Crippen molar-refractivity contribution in [3.05, 3.63) is 28.0 Å². The summed E-state index contributed by atoms with van der Waals surface area (Å²) in [5, 5.41) is 3.61. The van der Waals surface area contributed by atoms with Gasteiger partial charge in [-0.05, 0) is 30.7 Å². The Bertz CT molecular complexity index is 474. The third kappa shape index (κ3) is 3.15. The van der Waals surface area contributed by atoms with Gasteiger partial charge >= 0.3 is 0 Å².